The minimum atomic E-state index is -1.36. The maximum Gasteiger partial charge on any atom is 0.194 e. The highest BCUT2D eigenvalue weighted by atomic mass is 32.2. The normalized spacial score (nSPS) is 13.6. The van der Waals surface area contributed by atoms with E-state index in [9.17, 15) is 14.1 Å². The average molecular weight is 468 g/mol. The van der Waals surface area contributed by atoms with Crippen molar-refractivity contribution in [2.45, 2.75) is 14.7 Å². The van der Waals surface area contributed by atoms with Gasteiger partial charge in [-0.2, -0.15) is 0 Å². The predicted octanol–water partition coefficient (Wildman–Crippen LogP) is 3.23. The van der Waals surface area contributed by atoms with E-state index in [0.29, 0.717) is 40.3 Å². The molecule has 0 spiro atoms. The first-order valence-corrected chi connectivity index (χ1v) is 12.0. The van der Waals surface area contributed by atoms with Gasteiger partial charge in [-0.05, 0) is 42.5 Å². The van der Waals surface area contributed by atoms with Crippen LogP contribution in [-0.2, 0) is 16.1 Å². The summed E-state index contributed by atoms with van der Waals surface area (Å²) in [4.78, 5) is 28.0. The maximum atomic E-state index is 12.9. The molecule has 0 aromatic heterocycles. The third kappa shape index (κ3) is 4.96. The molecule has 164 valence electrons. The fourth-order valence-corrected chi connectivity index (χ4v) is 5.04. The second-order valence-corrected chi connectivity index (χ2v) is 9.43. The third-order valence-corrected chi connectivity index (χ3v) is 7.05. The Hall–Kier alpha value is -2.46. The minimum absolute atomic E-state index is 0.0375. The zero-order valence-corrected chi connectivity index (χ0v) is 18.7. The Labute approximate surface area is 193 Å². The number of hydrogen-bond donors (Lipinski definition) is 2. The Morgan fingerprint density at radius 1 is 0.844 bits per heavy atom. The average Bonchev–Trinajstić information content (AvgIpc) is 2.83. The quantitative estimate of drug-likeness (QED) is 0.288. The van der Waals surface area contributed by atoms with E-state index in [-0.39, 0.29) is 24.8 Å². The van der Waals surface area contributed by atoms with Gasteiger partial charge in [-0.3, -0.25) is 9.59 Å². The highest BCUT2D eigenvalue weighted by molar-refractivity contribution is 7.99. The van der Waals surface area contributed by atoms with Gasteiger partial charge in [-0.1, -0.05) is 36.0 Å². The zero-order chi connectivity index (χ0) is 22.5. The molecule has 3 aromatic carbocycles. The van der Waals surface area contributed by atoms with E-state index < -0.39 is 11.4 Å². The summed E-state index contributed by atoms with van der Waals surface area (Å²) in [7, 11) is 0. The summed E-state index contributed by atoms with van der Waals surface area (Å²) in [5.41, 5.74) is 1.73. The van der Waals surface area contributed by atoms with Crippen LogP contribution in [0.3, 0.4) is 0 Å². The largest absolute Gasteiger partial charge is 0.593 e. The number of fused-ring (bicyclic) bond motifs is 2. The highest BCUT2D eigenvalue weighted by Gasteiger charge is 2.29. The Kier molecular flexibility index (Phi) is 7.41. The molecule has 32 heavy (non-hydrogen) atoms. The van der Waals surface area contributed by atoms with Crippen molar-refractivity contribution in [1.82, 2.24) is 4.72 Å². The van der Waals surface area contributed by atoms with E-state index >= 15 is 0 Å². The van der Waals surface area contributed by atoms with E-state index in [1.54, 1.807) is 48.5 Å². The molecule has 2 N–H and O–H groups in total. The Morgan fingerprint density at radius 2 is 1.47 bits per heavy atom. The zero-order valence-electron chi connectivity index (χ0n) is 17.1. The van der Waals surface area contributed by atoms with Crippen LogP contribution in [0.1, 0.15) is 31.8 Å². The van der Waals surface area contributed by atoms with E-state index in [1.807, 2.05) is 18.2 Å². The van der Waals surface area contributed by atoms with Gasteiger partial charge >= 0.3 is 0 Å². The Morgan fingerprint density at radius 3 is 2.16 bits per heavy atom. The second-order valence-electron chi connectivity index (χ2n) is 6.98. The molecule has 1 aliphatic rings. The van der Waals surface area contributed by atoms with Gasteiger partial charge in [0, 0.05) is 32.0 Å². The summed E-state index contributed by atoms with van der Waals surface area (Å²) in [5.74, 6) is -0.273. The first-order valence-electron chi connectivity index (χ1n) is 10.0. The van der Waals surface area contributed by atoms with Crippen LogP contribution in [0, 0.1) is 0 Å². The Bertz CT molecular complexity index is 1130. The lowest BCUT2D eigenvalue weighted by molar-refractivity contribution is 0.0961. The van der Waals surface area contributed by atoms with E-state index in [4.69, 9.17) is 9.84 Å². The van der Waals surface area contributed by atoms with Crippen molar-refractivity contribution in [1.29, 1.82) is 0 Å². The molecule has 0 saturated carbocycles. The monoisotopic (exact) mass is 467 g/mol. The van der Waals surface area contributed by atoms with Crippen LogP contribution in [0.15, 0.2) is 81.4 Å². The SMILES string of the molecule is O=C1c2ccccc2C(=O)c2cc(Sc3ccc([S+]([O-])NCCOCCO)cc3)ccc21. The van der Waals surface area contributed by atoms with E-state index in [1.165, 1.54) is 11.8 Å². The summed E-state index contributed by atoms with van der Waals surface area (Å²) in [6.07, 6.45) is 0. The molecule has 6 nitrogen and oxygen atoms in total. The molecule has 0 saturated heterocycles. The number of ketones is 2. The molecule has 0 bridgehead atoms. The van der Waals surface area contributed by atoms with Crippen molar-refractivity contribution < 1.29 is 24.0 Å². The number of ether oxygens (including phenoxy) is 1. The van der Waals surface area contributed by atoms with Gasteiger partial charge < -0.3 is 14.4 Å². The van der Waals surface area contributed by atoms with Crippen LogP contribution in [0.5, 0.6) is 0 Å². The van der Waals surface area contributed by atoms with Crippen LogP contribution in [0.2, 0.25) is 0 Å². The van der Waals surface area contributed by atoms with E-state index in [0.717, 1.165) is 9.79 Å². The predicted molar refractivity (Wildman–Crippen MR) is 123 cm³/mol. The molecule has 1 aliphatic carbocycles. The number of rotatable bonds is 9. The molecule has 0 aliphatic heterocycles. The van der Waals surface area contributed by atoms with Gasteiger partial charge in [-0.15, -0.1) is 4.72 Å². The molecular formula is C24H21NO5S2. The fraction of sp³-hybridized carbons (Fsp3) is 0.167. The summed E-state index contributed by atoms with van der Waals surface area (Å²) in [5, 5.41) is 8.67. The van der Waals surface area contributed by atoms with Gasteiger partial charge in [-0.25, -0.2) is 0 Å². The molecule has 4 rings (SSSR count). The molecule has 1 unspecified atom stereocenters. The van der Waals surface area contributed by atoms with Crippen LogP contribution >= 0.6 is 11.8 Å². The summed E-state index contributed by atoms with van der Waals surface area (Å²) in [6.45, 7) is 0.998. The second kappa shape index (κ2) is 10.4. The van der Waals surface area contributed by atoms with Crippen molar-refractivity contribution in [2.75, 3.05) is 26.4 Å². The first kappa shape index (κ1) is 22.7. The summed E-state index contributed by atoms with van der Waals surface area (Å²) in [6, 6.07) is 19.5. The number of carbonyl (C=O) groups excluding carboxylic acids is 2. The molecular weight excluding hydrogens is 446 g/mol. The lowest BCUT2D eigenvalue weighted by Gasteiger charge is -2.18. The van der Waals surface area contributed by atoms with Crippen LogP contribution < -0.4 is 4.72 Å². The number of benzene rings is 3. The van der Waals surface area contributed by atoms with E-state index in [2.05, 4.69) is 4.72 Å². The Balaban J connectivity index is 1.43. The minimum Gasteiger partial charge on any atom is -0.593 e. The fourth-order valence-electron chi connectivity index (χ4n) is 3.37. The van der Waals surface area contributed by atoms with Crippen LogP contribution in [0.4, 0.5) is 0 Å². The standard InChI is InChI=1S/C24H21NO5S2/c26-12-14-30-13-11-25-32(29)18-8-5-16(6-9-18)31-17-7-10-21-22(15-17)24(28)20-4-2-1-3-19(20)23(21)27/h1-10,15,25-26H,11-14H2. The van der Waals surface area contributed by atoms with Crippen molar-refractivity contribution in [3.8, 4) is 0 Å². The molecule has 1 atom stereocenters. The van der Waals surface area contributed by atoms with Crippen molar-refractivity contribution in [3.05, 3.63) is 89.0 Å². The van der Waals surface area contributed by atoms with Crippen molar-refractivity contribution in [2.24, 2.45) is 0 Å². The number of carbonyl (C=O) groups is 2. The molecule has 3 aromatic rings. The van der Waals surface area contributed by atoms with Gasteiger partial charge in [0.15, 0.2) is 16.5 Å². The molecule has 0 fully saturated rings. The van der Waals surface area contributed by atoms with Crippen molar-refractivity contribution >= 4 is 34.7 Å². The lowest BCUT2D eigenvalue weighted by atomic mass is 9.84. The molecule has 8 heteroatoms. The third-order valence-electron chi connectivity index (χ3n) is 4.89. The van der Waals surface area contributed by atoms with Gasteiger partial charge in [0.05, 0.1) is 37.7 Å². The van der Waals surface area contributed by atoms with Gasteiger partial charge in [0.1, 0.15) is 0 Å². The summed E-state index contributed by atoms with van der Waals surface area (Å²) < 4.78 is 20.3. The number of aliphatic hydroxyl groups excluding tert-OH is 1. The maximum absolute atomic E-state index is 12.9. The van der Waals surface area contributed by atoms with Crippen molar-refractivity contribution in [3.63, 3.8) is 0 Å². The van der Waals surface area contributed by atoms with Gasteiger partial charge in [0.2, 0.25) is 0 Å². The molecule has 0 heterocycles. The summed E-state index contributed by atoms with van der Waals surface area (Å²) >= 11 is 0.107. The van der Waals surface area contributed by atoms with Crippen LogP contribution in [0.25, 0.3) is 0 Å². The smallest absolute Gasteiger partial charge is 0.194 e. The number of hydrogen-bond acceptors (Lipinski definition) is 7. The van der Waals surface area contributed by atoms with Gasteiger partial charge in [0.25, 0.3) is 0 Å². The van der Waals surface area contributed by atoms with Crippen LogP contribution in [-0.4, -0.2) is 47.6 Å². The first-order chi connectivity index (χ1) is 15.6. The lowest BCUT2D eigenvalue weighted by Crippen LogP contribution is -2.27. The topological polar surface area (TPSA) is 98.7 Å². The number of nitrogens with one attached hydrogen (secondary N) is 1. The number of aliphatic hydroxyl groups is 1. The highest BCUT2D eigenvalue weighted by Crippen LogP contribution is 2.33. The molecule has 0 amide bonds. The molecule has 0 radical (unpaired) electrons.